The van der Waals surface area contributed by atoms with Gasteiger partial charge in [0.15, 0.2) is 5.82 Å². The zero-order valence-electron chi connectivity index (χ0n) is 15.1. The molecule has 2 N–H and O–H groups in total. The fourth-order valence-electron chi connectivity index (χ4n) is 3.27. The number of imidazole rings is 1. The van der Waals surface area contributed by atoms with E-state index in [1.165, 1.54) is 0 Å². The summed E-state index contributed by atoms with van der Waals surface area (Å²) in [4.78, 5) is 14.5. The van der Waals surface area contributed by atoms with Gasteiger partial charge in [-0.3, -0.25) is 10.1 Å². The molecule has 27 heavy (non-hydrogen) atoms. The number of nitrogens with zero attached hydrogens (tertiary/aromatic N) is 4. The van der Waals surface area contributed by atoms with E-state index < -0.39 is 0 Å². The topological polar surface area (TPSA) is 73.5 Å². The fourth-order valence-corrected chi connectivity index (χ4v) is 3.27. The van der Waals surface area contributed by atoms with E-state index in [0.717, 1.165) is 50.3 Å². The van der Waals surface area contributed by atoms with E-state index in [1.807, 2.05) is 61.7 Å². The lowest BCUT2D eigenvalue weighted by Gasteiger charge is -2.13. The van der Waals surface area contributed by atoms with Crippen LogP contribution < -0.4 is 4.90 Å². The highest BCUT2D eigenvalue weighted by atomic mass is 15.1. The van der Waals surface area contributed by atoms with E-state index in [2.05, 4.69) is 43.3 Å². The van der Waals surface area contributed by atoms with Crippen molar-refractivity contribution in [2.75, 3.05) is 19.0 Å². The maximum Gasteiger partial charge on any atom is 0.159 e. The number of aromatic amines is 2. The van der Waals surface area contributed by atoms with E-state index in [4.69, 9.17) is 0 Å². The number of fused-ring (bicyclic) bond motifs is 2. The predicted molar refractivity (Wildman–Crippen MR) is 109 cm³/mol. The van der Waals surface area contributed by atoms with Crippen molar-refractivity contribution >= 4 is 27.6 Å². The Labute approximate surface area is 155 Å². The summed E-state index contributed by atoms with van der Waals surface area (Å²) < 4.78 is 0. The van der Waals surface area contributed by atoms with Gasteiger partial charge in [0, 0.05) is 31.2 Å². The largest absolute Gasteiger partial charge is 0.376 e. The molecule has 2 aromatic carbocycles. The molecule has 0 aliphatic rings. The van der Waals surface area contributed by atoms with Crippen LogP contribution in [0.1, 0.15) is 0 Å². The van der Waals surface area contributed by atoms with E-state index in [0.29, 0.717) is 0 Å². The zero-order valence-corrected chi connectivity index (χ0v) is 15.1. The monoisotopic (exact) mass is 354 g/mol. The quantitative estimate of drug-likeness (QED) is 0.508. The van der Waals surface area contributed by atoms with Crippen LogP contribution in [0.2, 0.25) is 0 Å². The number of nitrogens with one attached hydrogen (secondary N) is 2. The number of H-pyrrole nitrogens is 2. The van der Waals surface area contributed by atoms with Crippen molar-refractivity contribution in [3.8, 4) is 22.6 Å². The van der Waals surface area contributed by atoms with Gasteiger partial charge in [-0.05, 0) is 35.9 Å². The molecule has 0 spiro atoms. The molecule has 0 bridgehead atoms. The normalized spacial score (nSPS) is 11.3. The zero-order chi connectivity index (χ0) is 18.4. The van der Waals surface area contributed by atoms with Gasteiger partial charge < -0.3 is 9.88 Å². The minimum absolute atomic E-state index is 0.764. The highest BCUT2D eigenvalue weighted by molar-refractivity contribution is 5.95. The molecule has 5 rings (SSSR count). The van der Waals surface area contributed by atoms with Gasteiger partial charge in [0.1, 0.15) is 5.69 Å². The van der Waals surface area contributed by atoms with Crippen LogP contribution in [-0.4, -0.2) is 39.2 Å². The molecule has 0 atom stereocenters. The molecule has 3 heterocycles. The van der Waals surface area contributed by atoms with Gasteiger partial charge in [0.25, 0.3) is 0 Å². The number of benzene rings is 2. The Bertz CT molecular complexity index is 1230. The molecular weight excluding hydrogens is 336 g/mol. The average Bonchev–Trinajstić information content (AvgIpc) is 3.31. The maximum absolute atomic E-state index is 4.69. The molecule has 0 aliphatic carbocycles. The van der Waals surface area contributed by atoms with Gasteiger partial charge in [-0.1, -0.05) is 18.2 Å². The second kappa shape index (κ2) is 5.95. The van der Waals surface area contributed by atoms with Crippen LogP contribution in [0.15, 0.2) is 60.9 Å². The van der Waals surface area contributed by atoms with E-state index >= 15 is 0 Å². The Balaban J connectivity index is 1.65. The van der Waals surface area contributed by atoms with Crippen molar-refractivity contribution in [3.05, 3.63) is 60.9 Å². The SMILES string of the molecule is CN(C)c1cncc(-c2ccc3[nH]nc(-c4nc5ccccc5[nH]4)c3c2)c1. The van der Waals surface area contributed by atoms with Gasteiger partial charge in [-0.2, -0.15) is 5.10 Å². The molecule has 0 amide bonds. The molecule has 132 valence electrons. The Morgan fingerprint density at radius 2 is 1.78 bits per heavy atom. The number of hydrogen-bond donors (Lipinski definition) is 2. The lowest BCUT2D eigenvalue weighted by atomic mass is 10.0. The summed E-state index contributed by atoms with van der Waals surface area (Å²) in [7, 11) is 4.03. The molecule has 0 saturated heterocycles. The van der Waals surface area contributed by atoms with Crippen LogP contribution in [0.3, 0.4) is 0 Å². The number of anilines is 1. The number of pyridine rings is 1. The van der Waals surface area contributed by atoms with Gasteiger partial charge >= 0.3 is 0 Å². The van der Waals surface area contributed by atoms with Crippen LogP contribution in [0, 0.1) is 0 Å². The smallest absolute Gasteiger partial charge is 0.159 e. The van der Waals surface area contributed by atoms with Crippen LogP contribution in [0.5, 0.6) is 0 Å². The van der Waals surface area contributed by atoms with Gasteiger partial charge in [-0.15, -0.1) is 0 Å². The predicted octanol–water partition coefficient (Wildman–Crippen LogP) is 4.23. The van der Waals surface area contributed by atoms with E-state index in [-0.39, 0.29) is 0 Å². The standard InChI is InChI=1S/C21H18N6/c1-27(2)15-9-14(11-22-12-15)13-7-8-17-16(10-13)20(26-25-17)21-23-18-5-3-4-6-19(18)24-21/h3-12H,1-2H3,(H,23,24)(H,25,26). The molecule has 6 nitrogen and oxygen atoms in total. The lowest BCUT2D eigenvalue weighted by molar-refractivity contribution is 1.11. The van der Waals surface area contributed by atoms with Crippen LogP contribution in [-0.2, 0) is 0 Å². The summed E-state index contributed by atoms with van der Waals surface area (Å²) in [6.07, 6.45) is 3.74. The minimum Gasteiger partial charge on any atom is -0.376 e. The Morgan fingerprint density at radius 3 is 2.63 bits per heavy atom. The van der Waals surface area contributed by atoms with Gasteiger partial charge in [0.2, 0.25) is 0 Å². The number of aromatic nitrogens is 5. The maximum atomic E-state index is 4.69. The van der Waals surface area contributed by atoms with E-state index in [1.54, 1.807) is 0 Å². The summed E-state index contributed by atoms with van der Waals surface area (Å²) >= 11 is 0. The molecule has 0 unspecified atom stereocenters. The summed E-state index contributed by atoms with van der Waals surface area (Å²) in [5.74, 6) is 0.764. The average molecular weight is 354 g/mol. The minimum atomic E-state index is 0.764. The fraction of sp³-hybridized carbons (Fsp3) is 0.0952. The number of hydrogen-bond acceptors (Lipinski definition) is 4. The molecular formula is C21H18N6. The summed E-state index contributed by atoms with van der Waals surface area (Å²) in [6, 6.07) is 16.4. The molecule has 0 saturated carbocycles. The van der Waals surface area contributed by atoms with Crippen molar-refractivity contribution in [2.24, 2.45) is 0 Å². The molecule has 5 aromatic rings. The first-order valence-electron chi connectivity index (χ1n) is 8.75. The van der Waals surface area contributed by atoms with E-state index in [9.17, 15) is 0 Å². The number of rotatable bonds is 3. The van der Waals surface area contributed by atoms with Crippen molar-refractivity contribution in [1.29, 1.82) is 0 Å². The second-order valence-electron chi connectivity index (χ2n) is 6.76. The molecule has 0 radical (unpaired) electrons. The van der Waals surface area contributed by atoms with Gasteiger partial charge in [0.05, 0.1) is 28.4 Å². The van der Waals surface area contributed by atoms with Crippen molar-refractivity contribution in [1.82, 2.24) is 25.1 Å². The van der Waals surface area contributed by atoms with Crippen LogP contribution in [0.4, 0.5) is 5.69 Å². The first-order valence-corrected chi connectivity index (χ1v) is 8.75. The van der Waals surface area contributed by atoms with Crippen molar-refractivity contribution < 1.29 is 0 Å². The Morgan fingerprint density at radius 1 is 0.889 bits per heavy atom. The molecule has 3 aromatic heterocycles. The third-order valence-corrected chi connectivity index (χ3v) is 4.75. The first kappa shape index (κ1) is 15.6. The first-order chi connectivity index (χ1) is 13.2. The Hall–Kier alpha value is -3.67. The second-order valence-corrected chi connectivity index (χ2v) is 6.76. The third-order valence-electron chi connectivity index (χ3n) is 4.75. The highest BCUT2D eigenvalue weighted by Gasteiger charge is 2.13. The van der Waals surface area contributed by atoms with Crippen LogP contribution >= 0.6 is 0 Å². The van der Waals surface area contributed by atoms with Gasteiger partial charge in [-0.25, -0.2) is 4.98 Å². The van der Waals surface area contributed by atoms with Crippen molar-refractivity contribution in [2.45, 2.75) is 0 Å². The number of para-hydroxylation sites is 2. The summed E-state index contributed by atoms with van der Waals surface area (Å²) in [5.41, 5.74) is 6.96. The molecule has 0 aliphatic heterocycles. The highest BCUT2D eigenvalue weighted by Crippen LogP contribution is 2.31. The lowest BCUT2D eigenvalue weighted by Crippen LogP contribution is -2.08. The third kappa shape index (κ3) is 2.62. The van der Waals surface area contributed by atoms with Crippen molar-refractivity contribution in [3.63, 3.8) is 0 Å². The molecule has 0 fully saturated rings. The Kier molecular flexibility index (Phi) is 3.43. The molecule has 6 heteroatoms. The summed E-state index contributed by atoms with van der Waals surface area (Å²) in [6.45, 7) is 0. The summed E-state index contributed by atoms with van der Waals surface area (Å²) in [5, 5.41) is 8.63. The van der Waals surface area contributed by atoms with Crippen LogP contribution in [0.25, 0.3) is 44.6 Å².